The van der Waals surface area contributed by atoms with Gasteiger partial charge < -0.3 is 10.3 Å². The molecule has 1 atom stereocenters. The zero-order valence-corrected chi connectivity index (χ0v) is 5.09. The fourth-order valence-electron chi connectivity index (χ4n) is 1.01. The van der Waals surface area contributed by atoms with E-state index in [2.05, 4.69) is 15.3 Å². The Balaban J connectivity index is 2.14. The number of nitrogens with zero attached hydrogens (tertiary/aromatic N) is 1. The third-order valence-electron chi connectivity index (χ3n) is 1.72. The van der Waals surface area contributed by atoms with Crippen molar-refractivity contribution >= 4 is 0 Å². The van der Waals surface area contributed by atoms with Gasteiger partial charge in [-0.1, -0.05) is 0 Å². The molecular formula is C6H9N3. The molecule has 1 fully saturated rings. The molecule has 48 valence electrons. The number of hydrogen-bond acceptors (Lipinski definition) is 2. The standard InChI is InChI=1S/C6H9N3/c1-2-8-5(1)6-3-7-4-9-6/h3-5,8H,1-2H2,(H,7,9). The molecule has 0 amide bonds. The first kappa shape index (κ1) is 4.99. The summed E-state index contributed by atoms with van der Waals surface area (Å²) in [4.78, 5) is 6.99. The molecule has 2 rings (SSSR count). The summed E-state index contributed by atoms with van der Waals surface area (Å²) in [7, 11) is 0. The molecule has 0 spiro atoms. The van der Waals surface area contributed by atoms with Gasteiger partial charge in [-0.15, -0.1) is 0 Å². The second-order valence-corrected chi connectivity index (χ2v) is 2.30. The van der Waals surface area contributed by atoms with Gasteiger partial charge in [0.1, 0.15) is 0 Å². The van der Waals surface area contributed by atoms with E-state index in [-0.39, 0.29) is 0 Å². The largest absolute Gasteiger partial charge is 0.347 e. The van der Waals surface area contributed by atoms with Crippen molar-refractivity contribution in [3.05, 3.63) is 18.2 Å². The predicted molar refractivity (Wildman–Crippen MR) is 33.9 cm³/mol. The summed E-state index contributed by atoms with van der Waals surface area (Å²) in [6.45, 7) is 1.14. The Morgan fingerprint density at radius 2 is 2.56 bits per heavy atom. The van der Waals surface area contributed by atoms with Crippen LogP contribution in [0.25, 0.3) is 0 Å². The maximum absolute atomic E-state index is 3.93. The van der Waals surface area contributed by atoms with E-state index in [0.717, 1.165) is 6.54 Å². The summed E-state index contributed by atoms with van der Waals surface area (Å²) in [6.07, 6.45) is 4.83. The molecule has 1 aliphatic heterocycles. The molecular weight excluding hydrogens is 114 g/mol. The van der Waals surface area contributed by atoms with Crippen LogP contribution in [-0.2, 0) is 0 Å². The average molecular weight is 123 g/mol. The summed E-state index contributed by atoms with van der Waals surface area (Å²) >= 11 is 0. The van der Waals surface area contributed by atoms with Crippen LogP contribution in [0.4, 0.5) is 0 Å². The van der Waals surface area contributed by atoms with Gasteiger partial charge in [-0.05, 0) is 13.0 Å². The highest BCUT2D eigenvalue weighted by molar-refractivity contribution is 5.05. The van der Waals surface area contributed by atoms with Gasteiger partial charge in [-0.3, -0.25) is 0 Å². The number of aromatic nitrogens is 2. The highest BCUT2D eigenvalue weighted by atomic mass is 15.0. The lowest BCUT2D eigenvalue weighted by Gasteiger charge is -2.25. The normalized spacial score (nSPS) is 25.6. The minimum atomic E-state index is 0.549. The summed E-state index contributed by atoms with van der Waals surface area (Å²) in [5.74, 6) is 0. The summed E-state index contributed by atoms with van der Waals surface area (Å²) in [5, 5.41) is 3.28. The Morgan fingerprint density at radius 3 is 3.00 bits per heavy atom. The first-order chi connectivity index (χ1) is 4.47. The number of nitrogens with one attached hydrogen (secondary N) is 2. The van der Waals surface area contributed by atoms with Gasteiger partial charge in [0, 0.05) is 6.20 Å². The van der Waals surface area contributed by atoms with Crippen LogP contribution in [0.1, 0.15) is 18.2 Å². The molecule has 0 aromatic carbocycles. The van der Waals surface area contributed by atoms with Crippen molar-refractivity contribution in [2.75, 3.05) is 6.54 Å². The van der Waals surface area contributed by atoms with E-state index in [1.165, 1.54) is 12.1 Å². The predicted octanol–water partition coefficient (Wildman–Crippen LogP) is 0.444. The maximum Gasteiger partial charge on any atom is 0.0922 e. The molecule has 2 heterocycles. The zero-order valence-electron chi connectivity index (χ0n) is 5.09. The monoisotopic (exact) mass is 123 g/mol. The van der Waals surface area contributed by atoms with Crippen LogP contribution in [0.15, 0.2) is 12.5 Å². The average Bonchev–Trinajstić information content (AvgIpc) is 2.11. The van der Waals surface area contributed by atoms with Crippen molar-refractivity contribution in [2.45, 2.75) is 12.5 Å². The third-order valence-corrected chi connectivity index (χ3v) is 1.72. The number of imidazole rings is 1. The molecule has 9 heavy (non-hydrogen) atoms. The van der Waals surface area contributed by atoms with Gasteiger partial charge in [-0.2, -0.15) is 0 Å². The van der Waals surface area contributed by atoms with E-state index in [4.69, 9.17) is 0 Å². The van der Waals surface area contributed by atoms with Gasteiger partial charge in [0.25, 0.3) is 0 Å². The van der Waals surface area contributed by atoms with Crippen molar-refractivity contribution in [2.24, 2.45) is 0 Å². The van der Waals surface area contributed by atoms with E-state index in [1.807, 2.05) is 6.20 Å². The number of H-pyrrole nitrogens is 1. The third kappa shape index (κ3) is 0.733. The first-order valence-electron chi connectivity index (χ1n) is 3.18. The lowest BCUT2D eigenvalue weighted by molar-refractivity contribution is 0.376. The molecule has 2 N–H and O–H groups in total. The van der Waals surface area contributed by atoms with Crippen molar-refractivity contribution in [3.63, 3.8) is 0 Å². The quantitative estimate of drug-likeness (QED) is 0.569. The van der Waals surface area contributed by atoms with Crippen LogP contribution >= 0.6 is 0 Å². The summed E-state index contributed by atoms with van der Waals surface area (Å²) < 4.78 is 0. The SMILES string of the molecule is c1ncc(C2CCN2)[nH]1. The van der Waals surface area contributed by atoms with Gasteiger partial charge in [0.2, 0.25) is 0 Å². The van der Waals surface area contributed by atoms with E-state index >= 15 is 0 Å². The Kier molecular flexibility index (Phi) is 1.02. The molecule has 1 unspecified atom stereocenters. The fourth-order valence-corrected chi connectivity index (χ4v) is 1.01. The lowest BCUT2D eigenvalue weighted by Crippen LogP contribution is -2.35. The first-order valence-corrected chi connectivity index (χ1v) is 3.18. The van der Waals surface area contributed by atoms with Crippen molar-refractivity contribution < 1.29 is 0 Å². The van der Waals surface area contributed by atoms with Gasteiger partial charge in [-0.25, -0.2) is 4.98 Å². The molecule has 1 saturated heterocycles. The molecule has 1 aromatic heterocycles. The zero-order chi connectivity index (χ0) is 6.10. The number of hydrogen-bond donors (Lipinski definition) is 2. The minimum absolute atomic E-state index is 0.549. The highest BCUT2D eigenvalue weighted by Gasteiger charge is 2.18. The lowest BCUT2D eigenvalue weighted by atomic mass is 10.1. The van der Waals surface area contributed by atoms with Crippen LogP contribution in [0.5, 0.6) is 0 Å². The molecule has 1 aliphatic rings. The van der Waals surface area contributed by atoms with Crippen molar-refractivity contribution in [1.82, 2.24) is 15.3 Å². The fraction of sp³-hybridized carbons (Fsp3) is 0.500. The molecule has 1 aromatic rings. The van der Waals surface area contributed by atoms with Crippen molar-refractivity contribution in [3.8, 4) is 0 Å². The molecule has 0 radical (unpaired) electrons. The molecule has 0 saturated carbocycles. The highest BCUT2D eigenvalue weighted by Crippen LogP contribution is 2.19. The maximum atomic E-state index is 3.93. The Bertz CT molecular complexity index is 176. The molecule has 0 aliphatic carbocycles. The van der Waals surface area contributed by atoms with E-state index < -0.39 is 0 Å². The van der Waals surface area contributed by atoms with E-state index in [1.54, 1.807) is 6.33 Å². The van der Waals surface area contributed by atoms with Crippen LogP contribution in [0, 0.1) is 0 Å². The summed E-state index contributed by atoms with van der Waals surface area (Å²) in [6, 6.07) is 0.549. The van der Waals surface area contributed by atoms with Gasteiger partial charge >= 0.3 is 0 Å². The Morgan fingerprint density at radius 1 is 1.67 bits per heavy atom. The number of rotatable bonds is 1. The second-order valence-electron chi connectivity index (χ2n) is 2.30. The van der Waals surface area contributed by atoms with Gasteiger partial charge in [0.15, 0.2) is 0 Å². The van der Waals surface area contributed by atoms with Crippen LogP contribution < -0.4 is 5.32 Å². The number of aromatic amines is 1. The summed E-state index contributed by atoms with van der Waals surface area (Å²) in [5.41, 5.74) is 1.21. The van der Waals surface area contributed by atoms with E-state index in [0.29, 0.717) is 6.04 Å². The molecule has 3 heteroatoms. The topological polar surface area (TPSA) is 40.7 Å². The smallest absolute Gasteiger partial charge is 0.0922 e. The van der Waals surface area contributed by atoms with Crippen molar-refractivity contribution in [1.29, 1.82) is 0 Å². The minimum Gasteiger partial charge on any atom is -0.347 e. The second kappa shape index (κ2) is 1.84. The van der Waals surface area contributed by atoms with Gasteiger partial charge in [0.05, 0.1) is 18.1 Å². The Labute approximate surface area is 53.5 Å². The van der Waals surface area contributed by atoms with Crippen LogP contribution in [0.3, 0.4) is 0 Å². The molecule has 3 nitrogen and oxygen atoms in total. The Hall–Kier alpha value is -0.830. The van der Waals surface area contributed by atoms with E-state index in [9.17, 15) is 0 Å². The van der Waals surface area contributed by atoms with Crippen LogP contribution in [-0.4, -0.2) is 16.5 Å². The molecule has 0 bridgehead atoms. The van der Waals surface area contributed by atoms with Crippen LogP contribution in [0.2, 0.25) is 0 Å².